The van der Waals surface area contributed by atoms with Gasteiger partial charge in [-0.05, 0) is 54.8 Å². The van der Waals surface area contributed by atoms with Gasteiger partial charge < -0.3 is 18.9 Å². The molecule has 1 atom stereocenters. The Kier molecular flexibility index (Phi) is 6.98. The highest BCUT2D eigenvalue weighted by Gasteiger charge is 2.33. The van der Waals surface area contributed by atoms with E-state index >= 15 is 0 Å². The molecule has 1 aliphatic heterocycles. The third-order valence-corrected chi connectivity index (χ3v) is 6.58. The molecule has 0 aliphatic carbocycles. The molecule has 4 aromatic rings. The highest BCUT2D eigenvalue weighted by Crippen LogP contribution is 2.31. The van der Waals surface area contributed by atoms with Gasteiger partial charge in [-0.15, -0.1) is 0 Å². The Bertz CT molecular complexity index is 1270. The molecule has 6 nitrogen and oxygen atoms in total. The largest absolute Gasteiger partial charge is 0.497 e. The number of nitrogens with zero attached hydrogens (tertiary/aromatic N) is 3. The normalized spacial score (nSPS) is 15.6. The number of aryl methyl sites for hydroxylation is 1. The first-order chi connectivity index (χ1) is 17.2. The summed E-state index contributed by atoms with van der Waals surface area (Å²) < 4.78 is 13.4. The summed E-state index contributed by atoms with van der Waals surface area (Å²) in [5.41, 5.74) is 3.28. The Morgan fingerprint density at radius 2 is 1.66 bits per heavy atom. The van der Waals surface area contributed by atoms with E-state index in [2.05, 4.69) is 34.9 Å². The molecular weight excluding hydrogens is 438 g/mol. The molecule has 3 aromatic carbocycles. The summed E-state index contributed by atoms with van der Waals surface area (Å²) in [6.07, 6.45) is 2.41. The summed E-state index contributed by atoms with van der Waals surface area (Å²) in [6, 6.07) is 26.1. The average molecular weight is 470 g/mol. The highest BCUT2D eigenvalue weighted by atomic mass is 16.5. The van der Waals surface area contributed by atoms with Crippen molar-refractivity contribution in [1.82, 2.24) is 14.5 Å². The van der Waals surface area contributed by atoms with E-state index in [9.17, 15) is 4.79 Å². The van der Waals surface area contributed by atoms with Gasteiger partial charge in [0.25, 0.3) is 0 Å². The van der Waals surface area contributed by atoms with Crippen molar-refractivity contribution < 1.29 is 14.3 Å². The van der Waals surface area contributed by atoms with Gasteiger partial charge in [-0.3, -0.25) is 4.79 Å². The zero-order chi connectivity index (χ0) is 24.0. The highest BCUT2D eigenvalue weighted by molar-refractivity contribution is 5.81. The van der Waals surface area contributed by atoms with E-state index in [0.717, 1.165) is 53.3 Å². The molecule has 35 heavy (non-hydrogen) atoms. The molecule has 180 valence electrons. The number of fused-ring (bicyclic) bond motifs is 1. The van der Waals surface area contributed by atoms with Crippen LogP contribution < -0.4 is 9.47 Å². The topological polar surface area (TPSA) is 56.6 Å². The number of methoxy groups -OCH3 is 1. The first-order valence-electron chi connectivity index (χ1n) is 12.2. The molecule has 1 unspecified atom stereocenters. The van der Waals surface area contributed by atoms with E-state index in [0.29, 0.717) is 26.1 Å². The number of hydrogen-bond acceptors (Lipinski definition) is 4. The summed E-state index contributed by atoms with van der Waals surface area (Å²) in [5, 5.41) is 0. The fraction of sp³-hybridized carbons (Fsp3) is 0.310. The maximum Gasteiger partial charge on any atom is 0.223 e. The number of unbranched alkanes of at least 4 members (excludes halogenated alkanes) is 1. The molecule has 0 saturated carbocycles. The zero-order valence-corrected chi connectivity index (χ0v) is 20.1. The van der Waals surface area contributed by atoms with Crippen molar-refractivity contribution in [3.8, 4) is 11.5 Å². The van der Waals surface area contributed by atoms with Gasteiger partial charge in [0.2, 0.25) is 5.91 Å². The van der Waals surface area contributed by atoms with Crippen LogP contribution in [-0.4, -0.2) is 40.6 Å². The second-order valence-corrected chi connectivity index (χ2v) is 9.00. The van der Waals surface area contributed by atoms with Crippen molar-refractivity contribution in [2.75, 3.05) is 20.3 Å². The Hall–Kier alpha value is -3.80. The number of carbonyl (C=O) groups excluding carboxylic acids is 1. The van der Waals surface area contributed by atoms with Crippen molar-refractivity contribution in [1.29, 1.82) is 0 Å². The maximum atomic E-state index is 12.8. The number of ether oxygens (including phenoxy) is 2. The number of rotatable bonds is 10. The van der Waals surface area contributed by atoms with Gasteiger partial charge in [-0.2, -0.15) is 0 Å². The van der Waals surface area contributed by atoms with E-state index in [1.165, 1.54) is 0 Å². The third kappa shape index (κ3) is 5.32. The van der Waals surface area contributed by atoms with Crippen molar-refractivity contribution in [3.63, 3.8) is 0 Å². The lowest BCUT2D eigenvalue weighted by molar-refractivity contribution is -0.128. The molecule has 1 amide bonds. The molecular formula is C29H31N3O3. The minimum atomic E-state index is 0.106. The van der Waals surface area contributed by atoms with Crippen LogP contribution in [0.2, 0.25) is 0 Å². The molecule has 0 spiro atoms. The van der Waals surface area contributed by atoms with E-state index in [1.54, 1.807) is 7.11 Å². The number of likely N-dealkylation sites (tertiary alicyclic amines) is 1. The van der Waals surface area contributed by atoms with Gasteiger partial charge in [-0.25, -0.2) is 4.98 Å². The number of para-hydroxylation sites is 2. The van der Waals surface area contributed by atoms with Crippen LogP contribution in [0.5, 0.6) is 11.5 Å². The van der Waals surface area contributed by atoms with Crippen molar-refractivity contribution in [2.24, 2.45) is 0 Å². The number of imidazole rings is 1. The quantitative estimate of drug-likeness (QED) is 0.291. The number of carbonyl (C=O) groups is 1. The number of aromatic nitrogens is 2. The first kappa shape index (κ1) is 23.0. The van der Waals surface area contributed by atoms with Gasteiger partial charge in [0.1, 0.15) is 17.3 Å². The fourth-order valence-corrected chi connectivity index (χ4v) is 4.78. The zero-order valence-electron chi connectivity index (χ0n) is 20.1. The lowest BCUT2D eigenvalue weighted by Crippen LogP contribution is -2.24. The number of amides is 1. The summed E-state index contributed by atoms with van der Waals surface area (Å²) >= 11 is 0. The van der Waals surface area contributed by atoms with Crippen LogP contribution in [0.4, 0.5) is 0 Å². The third-order valence-electron chi connectivity index (χ3n) is 6.58. The second-order valence-electron chi connectivity index (χ2n) is 9.00. The summed E-state index contributed by atoms with van der Waals surface area (Å²) in [5.74, 6) is 3.00. The maximum absolute atomic E-state index is 12.8. The van der Waals surface area contributed by atoms with E-state index in [-0.39, 0.29) is 11.8 Å². The summed E-state index contributed by atoms with van der Waals surface area (Å²) in [4.78, 5) is 19.8. The van der Waals surface area contributed by atoms with Crippen LogP contribution in [0.1, 0.15) is 36.6 Å². The molecule has 5 rings (SSSR count). The fourth-order valence-electron chi connectivity index (χ4n) is 4.78. The summed E-state index contributed by atoms with van der Waals surface area (Å²) in [6.45, 7) is 2.86. The van der Waals surface area contributed by atoms with Crippen LogP contribution in [-0.2, 0) is 17.9 Å². The lowest BCUT2D eigenvalue weighted by Gasteiger charge is -2.17. The Labute approximate surface area is 206 Å². The SMILES string of the molecule is COc1ccc(OCCCCn2c(C3CC(=O)N(Cc4ccccc4)C3)nc3ccccc32)cc1. The molecule has 2 heterocycles. The Morgan fingerprint density at radius 3 is 2.46 bits per heavy atom. The van der Waals surface area contributed by atoms with Crippen molar-refractivity contribution in [3.05, 3.63) is 90.3 Å². The molecule has 1 aromatic heterocycles. The second kappa shape index (κ2) is 10.6. The standard InChI is InChI=1S/C29H31N3O3/c1-34-24-13-15-25(16-14-24)35-18-8-7-17-32-27-12-6-5-11-26(27)30-29(32)23-19-28(33)31(21-23)20-22-9-3-2-4-10-22/h2-6,9-16,23H,7-8,17-21H2,1H3. The molecule has 1 aliphatic rings. The summed E-state index contributed by atoms with van der Waals surface area (Å²) in [7, 11) is 1.66. The first-order valence-corrected chi connectivity index (χ1v) is 12.2. The van der Waals surface area contributed by atoms with E-state index in [1.807, 2.05) is 53.4 Å². The van der Waals surface area contributed by atoms with Crippen molar-refractivity contribution in [2.45, 2.75) is 38.3 Å². The van der Waals surface area contributed by atoms with Crippen LogP contribution in [0.15, 0.2) is 78.9 Å². The van der Waals surface area contributed by atoms with Gasteiger partial charge in [0.15, 0.2) is 0 Å². The van der Waals surface area contributed by atoms with Crippen LogP contribution in [0.25, 0.3) is 11.0 Å². The molecule has 0 bridgehead atoms. The number of hydrogen-bond donors (Lipinski definition) is 0. The molecule has 0 N–H and O–H groups in total. The minimum absolute atomic E-state index is 0.106. The van der Waals surface area contributed by atoms with E-state index < -0.39 is 0 Å². The van der Waals surface area contributed by atoms with Crippen LogP contribution in [0, 0.1) is 0 Å². The molecule has 6 heteroatoms. The predicted octanol–water partition coefficient (Wildman–Crippen LogP) is 5.42. The average Bonchev–Trinajstić information content (AvgIpc) is 3.45. The number of benzene rings is 3. The van der Waals surface area contributed by atoms with Crippen molar-refractivity contribution >= 4 is 16.9 Å². The van der Waals surface area contributed by atoms with E-state index in [4.69, 9.17) is 14.5 Å². The minimum Gasteiger partial charge on any atom is -0.497 e. The van der Waals surface area contributed by atoms with Crippen LogP contribution >= 0.6 is 0 Å². The Balaban J connectivity index is 1.24. The van der Waals surface area contributed by atoms with Gasteiger partial charge in [-0.1, -0.05) is 42.5 Å². The van der Waals surface area contributed by atoms with Crippen LogP contribution in [0.3, 0.4) is 0 Å². The Morgan fingerprint density at radius 1 is 0.914 bits per heavy atom. The molecule has 1 saturated heterocycles. The van der Waals surface area contributed by atoms with Gasteiger partial charge in [0.05, 0.1) is 24.8 Å². The predicted molar refractivity (Wildman–Crippen MR) is 137 cm³/mol. The lowest BCUT2D eigenvalue weighted by atomic mass is 10.1. The van der Waals surface area contributed by atoms with Gasteiger partial charge in [0, 0.05) is 32.0 Å². The smallest absolute Gasteiger partial charge is 0.223 e. The monoisotopic (exact) mass is 469 g/mol. The molecule has 1 fully saturated rings. The van der Waals surface area contributed by atoms with Gasteiger partial charge >= 0.3 is 0 Å². The molecule has 0 radical (unpaired) electrons.